The lowest BCUT2D eigenvalue weighted by Gasteiger charge is -2.37. The summed E-state index contributed by atoms with van der Waals surface area (Å²) in [6.07, 6.45) is 5.66. The van der Waals surface area contributed by atoms with Crippen LogP contribution in [-0.2, 0) is 0 Å². The van der Waals surface area contributed by atoms with Gasteiger partial charge in [-0.05, 0) is 37.4 Å². The summed E-state index contributed by atoms with van der Waals surface area (Å²) in [5.74, 6) is -0.0686. The fourth-order valence-electron chi connectivity index (χ4n) is 3.61. The van der Waals surface area contributed by atoms with E-state index in [1.165, 1.54) is 25.0 Å². The molecule has 0 saturated heterocycles. The second kappa shape index (κ2) is 6.99. The summed E-state index contributed by atoms with van der Waals surface area (Å²) >= 11 is 3.14. The molecule has 0 aromatic heterocycles. The quantitative estimate of drug-likeness (QED) is 0.790. The molecule has 0 bridgehead atoms. The number of hydrogen-bond acceptors (Lipinski definition) is 1. The Balaban J connectivity index is 2.36. The lowest BCUT2D eigenvalue weighted by atomic mass is 9.72. The molecule has 1 fully saturated rings. The van der Waals surface area contributed by atoms with Gasteiger partial charge in [0.25, 0.3) is 0 Å². The Labute approximate surface area is 128 Å². The molecule has 1 saturated carbocycles. The van der Waals surface area contributed by atoms with Crippen LogP contribution in [0.1, 0.15) is 50.6 Å². The summed E-state index contributed by atoms with van der Waals surface area (Å²) in [7, 11) is 1.80. The standard InChI is InChI=1S/C16H22BrF2N/c1-3-10-6-4-5-7-12(10)16(20-2)15-13(18)8-11(17)9-14(15)19/h8-10,12,16,20H,3-7H2,1-2H3. The minimum atomic E-state index is -0.461. The SMILES string of the molecule is CCC1CCCCC1C(NC)c1c(F)cc(Br)cc1F. The molecule has 0 aliphatic heterocycles. The highest BCUT2D eigenvalue weighted by Crippen LogP contribution is 2.41. The third kappa shape index (κ3) is 3.22. The van der Waals surface area contributed by atoms with Crippen molar-refractivity contribution in [3.05, 3.63) is 33.8 Å². The molecule has 1 aromatic carbocycles. The van der Waals surface area contributed by atoms with Gasteiger partial charge >= 0.3 is 0 Å². The van der Waals surface area contributed by atoms with Crippen molar-refractivity contribution in [2.75, 3.05) is 7.05 Å². The first-order chi connectivity index (χ1) is 9.58. The van der Waals surface area contributed by atoms with Crippen LogP contribution >= 0.6 is 15.9 Å². The fourth-order valence-corrected chi connectivity index (χ4v) is 4.01. The lowest BCUT2D eigenvalue weighted by molar-refractivity contribution is 0.175. The third-order valence-electron chi connectivity index (χ3n) is 4.59. The van der Waals surface area contributed by atoms with E-state index in [4.69, 9.17) is 0 Å². The van der Waals surface area contributed by atoms with Crippen LogP contribution in [0.25, 0.3) is 0 Å². The van der Waals surface area contributed by atoms with Crippen molar-refractivity contribution in [2.45, 2.75) is 45.1 Å². The maximum atomic E-state index is 14.2. The molecule has 0 amide bonds. The second-order valence-electron chi connectivity index (χ2n) is 5.67. The minimum absolute atomic E-state index is 0.195. The molecular formula is C16H22BrF2N. The van der Waals surface area contributed by atoms with Crippen molar-refractivity contribution in [3.63, 3.8) is 0 Å². The zero-order valence-corrected chi connectivity index (χ0v) is 13.6. The van der Waals surface area contributed by atoms with Crippen molar-refractivity contribution in [2.24, 2.45) is 11.8 Å². The van der Waals surface area contributed by atoms with Gasteiger partial charge in [-0.15, -0.1) is 0 Å². The number of nitrogens with one attached hydrogen (secondary N) is 1. The first-order valence-electron chi connectivity index (χ1n) is 7.40. The van der Waals surface area contributed by atoms with Crippen molar-refractivity contribution >= 4 is 15.9 Å². The van der Waals surface area contributed by atoms with Gasteiger partial charge in [0.05, 0.1) is 0 Å². The lowest BCUT2D eigenvalue weighted by Crippen LogP contribution is -2.33. The molecule has 0 heterocycles. The van der Waals surface area contributed by atoms with Crippen molar-refractivity contribution in [1.29, 1.82) is 0 Å². The third-order valence-corrected chi connectivity index (χ3v) is 5.04. The molecule has 1 aromatic rings. The molecule has 1 aliphatic rings. The summed E-state index contributed by atoms with van der Waals surface area (Å²) < 4.78 is 28.9. The average molecular weight is 346 g/mol. The fraction of sp³-hybridized carbons (Fsp3) is 0.625. The molecular weight excluding hydrogens is 324 g/mol. The van der Waals surface area contributed by atoms with Crippen molar-refractivity contribution < 1.29 is 8.78 Å². The number of benzene rings is 1. The highest BCUT2D eigenvalue weighted by Gasteiger charge is 2.33. The van der Waals surface area contributed by atoms with Gasteiger partial charge in [0.1, 0.15) is 11.6 Å². The first-order valence-corrected chi connectivity index (χ1v) is 8.19. The topological polar surface area (TPSA) is 12.0 Å². The van der Waals surface area contributed by atoms with Crippen LogP contribution in [0.3, 0.4) is 0 Å². The Morgan fingerprint density at radius 2 is 1.85 bits per heavy atom. The van der Waals surface area contributed by atoms with Gasteiger partial charge in [0.2, 0.25) is 0 Å². The number of hydrogen-bond donors (Lipinski definition) is 1. The van der Waals surface area contributed by atoms with Crippen LogP contribution in [0.15, 0.2) is 16.6 Å². The van der Waals surface area contributed by atoms with E-state index in [-0.39, 0.29) is 11.6 Å². The van der Waals surface area contributed by atoms with E-state index < -0.39 is 11.6 Å². The Morgan fingerprint density at radius 1 is 1.25 bits per heavy atom. The summed E-state index contributed by atoms with van der Waals surface area (Å²) in [5.41, 5.74) is 0.195. The Hall–Kier alpha value is -0.480. The van der Waals surface area contributed by atoms with Crippen LogP contribution in [0.5, 0.6) is 0 Å². The zero-order chi connectivity index (χ0) is 14.7. The molecule has 1 aliphatic carbocycles. The van der Waals surface area contributed by atoms with Crippen LogP contribution in [0, 0.1) is 23.5 Å². The molecule has 3 unspecified atom stereocenters. The summed E-state index contributed by atoms with van der Waals surface area (Å²) in [4.78, 5) is 0. The van der Waals surface area contributed by atoms with Gasteiger partial charge in [0.15, 0.2) is 0 Å². The Kier molecular flexibility index (Phi) is 5.56. The van der Waals surface area contributed by atoms with E-state index in [2.05, 4.69) is 28.2 Å². The minimum Gasteiger partial charge on any atom is -0.313 e. The van der Waals surface area contributed by atoms with E-state index in [9.17, 15) is 8.78 Å². The number of rotatable bonds is 4. The Bertz CT molecular complexity index is 441. The molecule has 112 valence electrons. The predicted molar refractivity (Wildman–Crippen MR) is 81.6 cm³/mol. The van der Waals surface area contributed by atoms with Gasteiger partial charge in [-0.2, -0.15) is 0 Å². The smallest absolute Gasteiger partial charge is 0.132 e. The van der Waals surface area contributed by atoms with Crippen molar-refractivity contribution in [1.82, 2.24) is 5.32 Å². The van der Waals surface area contributed by atoms with Gasteiger partial charge in [0, 0.05) is 16.1 Å². The number of halogens is 3. The molecule has 4 heteroatoms. The normalized spacial score (nSPS) is 24.6. The zero-order valence-electron chi connectivity index (χ0n) is 12.1. The van der Waals surface area contributed by atoms with Crippen LogP contribution in [0.4, 0.5) is 8.78 Å². The molecule has 1 N–H and O–H groups in total. The van der Waals surface area contributed by atoms with Crippen LogP contribution in [-0.4, -0.2) is 7.05 Å². The highest BCUT2D eigenvalue weighted by molar-refractivity contribution is 9.10. The maximum absolute atomic E-state index is 14.2. The van der Waals surface area contributed by atoms with E-state index in [0.29, 0.717) is 16.3 Å². The van der Waals surface area contributed by atoms with Gasteiger partial charge < -0.3 is 5.32 Å². The Morgan fingerprint density at radius 3 is 2.40 bits per heavy atom. The summed E-state index contributed by atoms with van der Waals surface area (Å²) in [5, 5.41) is 3.16. The van der Waals surface area contributed by atoms with Gasteiger partial charge in [-0.25, -0.2) is 8.78 Å². The second-order valence-corrected chi connectivity index (χ2v) is 6.58. The molecule has 2 rings (SSSR count). The van der Waals surface area contributed by atoms with E-state index in [1.807, 2.05) is 0 Å². The average Bonchev–Trinajstić information content (AvgIpc) is 2.42. The van der Waals surface area contributed by atoms with Gasteiger partial charge in [-0.3, -0.25) is 0 Å². The monoisotopic (exact) mass is 345 g/mol. The van der Waals surface area contributed by atoms with E-state index in [0.717, 1.165) is 19.3 Å². The van der Waals surface area contributed by atoms with E-state index in [1.54, 1.807) is 7.05 Å². The van der Waals surface area contributed by atoms with Gasteiger partial charge in [-0.1, -0.05) is 48.5 Å². The predicted octanol–water partition coefficient (Wildman–Crippen LogP) is 5.20. The summed E-state index contributed by atoms with van der Waals surface area (Å²) in [6, 6.07) is 2.47. The molecule has 1 nitrogen and oxygen atoms in total. The first kappa shape index (κ1) is 15.9. The summed E-state index contributed by atoms with van der Waals surface area (Å²) in [6.45, 7) is 2.17. The van der Waals surface area contributed by atoms with Crippen molar-refractivity contribution in [3.8, 4) is 0 Å². The largest absolute Gasteiger partial charge is 0.313 e. The maximum Gasteiger partial charge on any atom is 0.132 e. The van der Waals surface area contributed by atoms with Crippen LogP contribution < -0.4 is 5.32 Å². The highest BCUT2D eigenvalue weighted by atomic mass is 79.9. The molecule has 3 atom stereocenters. The molecule has 20 heavy (non-hydrogen) atoms. The van der Waals surface area contributed by atoms with Crippen LogP contribution in [0.2, 0.25) is 0 Å². The molecule has 0 spiro atoms. The van der Waals surface area contributed by atoms with E-state index >= 15 is 0 Å². The molecule has 0 radical (unpaired) electrons.